The average molecular weight is 697 g/mol. The monoisotopic (exact) mass is 696 g/mol. The zero-order valence-corrected chi connectivity index (χ0v) is 29.0. The zero-order chi connectivity index (χ0) is 36.2. The van der Waals surface area contributed by atoms with E-state index in [0.29, 0.717) is 57.3 Å². The Hall–Kier alpha value is -4.58. The summed E-state index contributed by atoms with van der Waals surface area (Å²) in [4.78, 5) is 25.1. The van der Waals surface area contributed by atoms with Crippen molar-refractivity contribution < 1.29 is 39.5 Å². The number of likely N-dealkylation sites (N-methyl/N-ethyl adjacent to an activating group) is 1. The summed E-state index contributed by atoms with van der Waals surface area (Å²) in [6, 6.07) is 30.5. The Kier molecular flexibility index (Phi) is 13.7. The van der Waals surface area contributed by atoms with Gasteiger partial charge in [0.15, 0.2) is 6.29 Å². The van der Waals surface area contributed by atoms with Crippen molar-refractivity contribution in [2.75, 3.05) is 20.1 Å². The number of hydrogen-bond acceptors (Lipinski definition) is 8. The molecule has 51 heavy (non-hydrogen) atoms. The molecule has 10 nitrogen and oxygen atoms in total. The summed E-state index contributed by atoms with van der Waals surface area (Å²) in [5.74, 6) is -0.761. The largest absolute Gasteiger partial charge is 0.508 e. The molecule has 0 aliphatic carbocycles. The van der Waals surface area contributed by atoms with Crippen molar-refractivity contribution in [3.8, 4) is 16.9 Å². The summed E-state index contributed by atoms with van der Waals surface area (Å²) in [7, 11) is 1.93. The highest BCUT2D eigenvalue weighted by atomic mass is 16.7. The van der Waals surface area contributed by atoms with E-state index in [1.165, 1.54) is 0 Å². The number of phenols is 1. The number of ether oxygens (including phenoxy) is 2. The van der Waals surface area contributed by atoms with Crippen LogP contribution >= 0.6 is 0 Å². The quantitative estimate of drug-likeness (QED) is 0.0790. The highest BCUT2D eigenvalue weighted by molar-refractivity contribution is 5.76. The van der Waals surface area contributed by atoms with Gasteiger partial charge in [0, 0.05) is 44.5 Å². The van der Waals surface area contributed by atoms with E-state index in [2.05, 4.69) is 17.4 Å². The Bertz CT molecular complexity index is 1730. The number of phenolic OH excluding ortho intramolecular Hbond substituents is 1. The molecule has 1 fully saturated rings. The van der Waals surface area contributed by atoms with E-state index >= 15 is 0 Å². The maximum atomic E-state index is 12.4. The van der Waals surface area contributed by atoms with Crippen LogP contribution in [0.2, 0.25) is 0 Å². The minimum atomic E-state index is -0.814. The minimum absolute atomic E-state index is 0.0387. The van der Waals surface area contributed by atoms with Crippen LogP contribution in [0.15, 0.2) is 97.1 Å². The molecule has 0 unspecified atom stereocenters. The molecule has 0 aromatic heterocycles. The standard InChI is InChI=1S/C41H48N2O8/c1-43(26-37(46)33-11-7-13-35(45)22-33)25-36-23-38(30-18-16-28(27-44)17-19-30)51-41(50-36)34-12-6-10-32(21-34)31-9-5-8-29(20-31)24-42-39(47)14-3-2-4-15-40(48)49/h5-13,16-22,36-38,41,44-46H,2-4,14-15,23-27H2,1H3,(H,42,47)(H,48,49)/t36-,37+,38+,41+/m0/s1. The maximum absolute atomic E-state index is 12.4. The minimum Gasteiger partial charge on any atom is -0.508 e. The van der Waals surface area contributed by atoms with E-state index < -0.39 is 18.4 Å². The molecule has 1 aliphatic rings. The molecule has 10 heteroatoms. The molecule has 270 valence electrons. The lowest BCUT2D eigenvalue weighted by Crippen LogP contribution is -2.39. The molecule has 5 rings (SSSR count). The molecule has 1 aliphatic heterocycles. The van der Waals surface area contributed by atoms with Crippen LogP contribution in [0.1, 0.15) is 84.8 Å². The summed E-state index contributed by atoms with van der Waals surface area (Å²) in [5, 5.41) is 42.0. The number of aliphatic hydroxyl groups excluding tert-OH is 2. The fourth-order valence-electron chi connectivity index (χ4n) is 6.34. The number of nitrogens with zero attached hydrogens (tertiary/aromatic N) is 1. The predicted octanol–water partition coefficient (Wildman–Crippen LogP) is 6.41. The molecule has 0 radical (unpaired) electrons. The van der Waals surface area contributed by atoms with Gasteiger partial charge in [-0.1, -0.05) is 79.2 Å². The Labute approximate surface area is 299 Å². The molecule has 1 amide bonds. The normalized spacial score (nSPS) is 18.0. The second-order valence-corrected chi connectivity index (χ2v) is 13.2. The van der Waals surface area contributed by atoms with Gasteiger partial charge in [-0.05, 0) is 77.5 Å². The van der Waals surface area contributed by atoms with Gasteiger partial charge in [-0.15, -0.1) is 0 Å². The highest BCUT2D eigenvalue weighted by Crippen LogP contribution is 2.39. The summed E-state index contributed by atoms with van der Waals surface area (Å²) in [6.07, 6.45) is 1.09. The number of rotatable bonds is 17. The van der Waals surface area contributed by atoms with Crippen LogP contribution in [0.5, 0.6) is 5.75 Å². The number of carboxylic acid groups (broad SMARTS) is 1. The van der Waals surface area contributed by atoms with Gasteiger partial charge in [0.25, 0.3) is 0 Å². The molecule has 1 heterocycles. The molecule has 5 N–H and O–H groups in total. The van der Waals surface area contributed by atoms with Crippen molar-refractivity contribution >= 4 is 11.9 Å². The smallest absolute Gasteiger partial charge is 0.303 e. The number of carbonyl (C=O) groups excluding carboxylic acids is 1. The van der Waals surface area contributed by atoms with E-state index in [9.17, 15) is 24.9 Å². The highest BCUT2D eigenvalue weighted by Gasteiger charge is 2.33. The number of benzene rings is 4. The van der Waals surface area contributed by atoms with E-state index in [1.807, 2.05) is 72.6 Å². The number of nitrogens with one attached hydrogen (secondary N) is 1. The number of unbranched alkanes of at least 4 members (excludes halogenated alkanes) is 2. The third-order valence-corrected chi connectivity index (χ3v) is 9.07. The van der Waals surface area contributed by atoms with E-state index in [4.69, 9.17) is 14.6 Å². The van der Waals surface area contributed by atoms with Gasteiger partial charge in [0.2, 0.25) is 5.91 Å². The molecule has 0 saturated carbocycles. The van der Waals surface area contributed by atoms with Crippen molar-refractivity contribution in [2.24, 2.45) is 0 Å². The molecule has 4 atom stereocenters. The maximum Gasteiger partial charge on any atom is 0.303 e. The van der Waals surface area contributed by atoms with Gasteiger partial charge >= 0.3 is 5.97 Å². The molecule has 4 aromatic rings. The first-order valence-corrected chi connectivity index (χ1v) is 17.5. The van der Waals surface area contributed by atoms with Crippen molar-refractivity contribution in [3.05, 3.63) is 125 Å². The number of amides is 1. The Morgan fingerprint density at radius 1 is 0.843 bits per heavy atom. The van der Waals surface area contributed by atoms with Crippen LogP contribution in [0.3, 0.4) is 0 Å². The van der Waals surface area contributed by atoms with E-state index in [0.717, 1.165) is 33.4 Å². The van der Waals surface area contributed by atoms with Gasteiger partial charge in [-0.25, -0.2) is 0 Å². The van der Waals surface area contributed by atoms with E-state index in [1.54, 1.807) is 24.3 Å². The van der Waals surface area contributed by atoms with Crippen LogP contribution < -0.4 is 5.32 Å². The van der Waals surface area contributed by atoms with Gasteiger partial charge < -0.3 is 40.1 Å². The lowest BCUT2D eigenvalue weighted by molar-refractivity contribution is -0.252. The number of hydrogen-bond donors (Lipinski definition) is 5. The van der Waals surface area contributed by atoms with Crippen LogP contribution in [-0.2, 0) is 32.2 Å². The summed E-state index contributed by atoms with van der Waals surface area (Å²) in [5.41, 5.74) is 6.23. The van der Waals surface area contributed by atoms with Gasteiger partial charge in [0.1, 0.15) is 5.75 Å². The second kappa shape index (κ2) is 18.6. The average Bonchev–Trinajstić information content (AvgIpc) is 3.13. The number of carbonyl (C=O) groups is 2. The lowest BCUT2D eigenvalue weighted by atomic mass is 9.98. The van der Waals surface area contributed by atoms with Gasteiger partial charge in [-0.2, -0.15) is 0 Å². The molecule has 0 bridgehead atoms. The molecule has 0 spiro atoms. The first-order valence-electron chi connectivity index (χ1n) is 17.5. The van der Waals surface area contributed by atoms with Crippen LogP contribution in [0.25, 0.3) is 11.1 Å². The number of aliphatic carboxylic acids is 1. The Morgan fingerprint density at radius 3 is 2.31 bits per heavy atom. The first-order chi connectivity index (χ1) is 24.7. The third kappa shape index (κ3) is 11.5. The molecule has 4 aromatic carbocycles. The topological polar surface area (TPSA) is 149 Å². The first kappa shape index (κ1) is 37.7. The summed E-state index contributed by atoms with van der Waals surface area (Å²) < 4.78 is 13.2. The number of aromatic hydroxyl groups is 1. The zero-order valence-electron chi connectivity index (χ0n) is 29.0. The number of carboxylic acids is 1. The third-order valence-electron chi connectivity index (χ3n) is 9.07. The van der Waals surface area contributed by atoms with Gasteiger partial charge in [-0.3, -0.25) is 9.59 Å². The van der Waals surface area contributed by atoms with Crippen LogP contribution in [0.4, 0.5) is 0 Å². The number of aliphatic hydroxyl groups is 2. The molecular weight excluding hydrogens is 648 g/mol. The lowest BCUT2D eigenvalue weighted by Gasteiger charge is -2.38. The van der Waals surface area contributed by atoms with Crippen LogP contribution in [0, 0.1) is 0 Å². The van der Waals surface area contributed by atoms with Crippen molar-refractivity contribution in [3.63, 3.8) is 0 Å². The van der Waals surface area contributed by atoms with Crippen molar-refractivity contribution in [1.29, 1.82) is 0 Å². The van der Waals surface area contributed by atoms with Crippen LogP contribution in [-0.4, -0.2) is 63.4 Å². The fraction of sp³-hybridized carbons (Fsp3) is 0.366. The second-order valence-electron chi connectivity index (χ2n) is 13.2. The summed E-state index contributed by atoms with van der Waals surface area (Å²) >= 11 is 0. The summed E-state index contributed by atoms with van der Waals surface area (Å²) in [6.45, 7) is 1.24. The van der Waals surface area contributed by atoms with Crippen molar-refractivity contribution in [2.45, 2.75) is 76.3 Å². The fourth-order valence-corrected chi connectivity index (χ4v) is 6.34. The van der Waals surface area contributed by atoms with Gasteiger partial charge in [0.05, 0.1) is 24.9 Å². The van der Waals surface area contributed by atoms with E-state index in [-0.39, 0.29) is 36.9 Å². The molecule has 1 saturated heterocycles. The Balaban J connectivity index is 1.26. The molecular formula is C41H48N2O8. The van der Waals surface area contributed by atoms with Crippen molar-refractivity contribution in [1.82, 2.24) is 10.2 Å². The Morgan fingerprint density at radius 2 is 1.57 bits per heavy atom. The SMILES string of the molecule is CN(C[C@@H]1C[C@H](c2ccc(CO)cc2)O[C@H](c2cccc(-c3cccc(CNC(=O)CCCCCC(=O)O)c3)c2)O1)C[C@@H](O)c1cccc(O)c1. The predicted molar refractivity (Wildman–Crippen MR) is 193 cm³/mol.